The number of hydrogen-bond donors (Lipinski definition) is 1. The Morgan fingerprint density at radius 3 is 2.41 bits per heavy atom. The molecule has 0 radical (unpaired) electrons. The molecule has 0 aliphatic rings. The third-order valence-electron chi connectivity index (χ3n) is 2.47. The lowest BCUT2D eigenvalue weighted by molar-refractivity contribution is 0.117. The molecule has 0 aromatic carbocycles. The topological polar surface area (TPSA) is 61.0 Å². The van der Waals surface area contributed by atoms with Gasteiger partial charge < -0.3 is 10.5 Å². The highest BCUT2D eigenvalue weighted by Gasteiger charge is 2.13. The van der Waals surface area contributed by atoms with Crippen molar-refractivity contribution in [2.75, 3.05) is 12.8 Å². The van der Waals surface area contributed by atoms with Gasteiger partial charge in [-0.3, -0.25) is 0 Å². The Hall–Kier alpha value is -0.430. The van der Waals surface area contributed by atoms with Crippen LogP contribution in [0.2, 0.25) is 0 Å². The van der Waals surface area contributed by atoms with Crippen molar-refractivity contribution in [2.24, 2.45) is 5.92 Å². The molecule has 0 aliphatic carbocycles. The van der Waals surface area contributed by atoms with Gasteiger partial charge in [-0.15, -0.1) is 0 Å². The van der Waals surface area contributed by atoms with Crippen molar-refractivity contribution in [3.8, 4) is 0 Å². The van der Waals surface area contributed by atoms with Crippen LogP contribution in [-0.4, -0.2) is 23.2 Å². The molecule has 0 spiro atoms. The summed E-state index contributed by atoms with van der Waals surface area (Å²) in [6.07, 6.45) is 1.74. The lowest BCUT2D eigenvalue weighted by Gasteiger charge is -2.13. The Bertz CT molecular complexity index is 382. The molecule has 17 heavy (non-hydrogen) atoms. The highest BCUT2D eigenvalue weighted by Crippen LogP contribution is 2.19. The minimum Gasteiger partial charge on any atom is -0.383 e. The number of rotatable bonds is 5. The monoisotopic (exact) mass is 349 g/mol. The molecule has 0 saturated carbocycles. The largest absolute Gasteiger partial charge is 0.383 e. The van der Waals surface area contributed by atoms with E-state index in [1.165, 1.54) is 0 Å². The van der Waals surface area contributed by atoms with Crippen LogP contribution in [-0.2, 0) is 17.6 Å². The molecule has 1 heterocycles. The Kier molecular flexibility index (Phi) is 5.58. The number of methoxy groups -OCH3 is 1. The van der Waals surface area contributed by atoms with Crippen molar-refractivity contribution in [1.29, 1.82) is 0 Å². The summed E-state index contributed by atoms with van der Waals surface area (Å²) in [5.41, 5.74) is 6.96. The van der Waals surface area contributed by atoms with Crippen LogP contribution in [0.25, 0.3) is 0 Å². The van der Waals surface area contributed by atoms with Gasteiger partial charge in [-0.1, -0.05) is 13.8 Å². The molecule has 4 nitrogen and oxygen atoms in total. The van der Waals surface area contributed by atoms with Crippen LogP contribution in [0.4, 0.5) is 5.82 Å². The molecule has 0 fully saturated rings. The zero-order valence-corrected chi connectivity index (χ0v) is 13.0. The lowest BCUT2D eigenvalue weighted by atomic mass is 10.1. The minimum absolute atomic E-state index is 0.112. The predicted molar refractivity (Wildman–Crippen MR) is 77.9 cm³/mol. The minimum atomic E-state index is 0.112. The Balaban J connectivity index is 2.97. The second kappa shape index (κ2) is 6.49. The number of hydrogen-bond acceptors (Lipinski definition) is 4. The zero-order chi connectivity index (χ0) is 13.0. The third kappa shape index (κ3) is 4.39. The van der Waals surface area contributed by atoms with Crippen molar-refractivity contribution in [3.63, 3.8) is 0 Å². The number of halogens is 1. The first kappa shape index (κ1) is 14.6. The first-order valence-corrected chi connectivity index (χ1v) is 6.85. The number of nitrogens with two attached hydrogens (primary N) is 1. The molecule has 0 bridgehead atoms. The number of aromatic nitrogens is 2. The molecule has 2 N–H and O–H groups in total. The van der Waals surface area contributed by atoms with Gasteiger partial charge in [-0.2, -0.15) is 0 Å². The van der Waals surface area contributed by atoms with Crippen molar-refractivity contribution in [1.82, 2.24) is 9.97 Å². The molecule has 1 rings (SSSR count). The number of anilines is 1. The van der Waals surface area contributed by atoms with Gasteiger partial charge in [0.05, 0.1) is 15.4 Å². The van der Waals surface area contributed by atoms with E-state index in [-0.39, 0.29) is 6.10 Å². The van der Waals surface area contributed by atoms with E-state index < -0.39 is 0 Å². The Labute approximate surface area is 117 Å². The summed E-state index contributed by atoms with van der Waals surface area (Å²) >= 11 is 2.22. The molecule has 96 valence electrons. The molecule has 1 aromatic heterocycles. The van der Waals surface area contributed by atoms with E-state index in [0.29, 0.717) is 18.2 Å². The van der Waals surface area contributed by atoms with E-state index in [0.717, 1.165) is 21.5 Å². The molecule has 0 saturated heterocycles. The van der Waals surface area contributed by atoms with Crippen molar-refractivity contribution in [3.05, 3.63) is 15.1 Å². The van der Waals surface area contributed by atoms with Gasteiger partial charge in [-0.05, 0) is 41.9 Å². The highest BCUT2D eigenvalue weighted by molar-refractivity contribution is 14.1. The predicted octanol–water partition coefficient (Wildman–Crippen LogP) is 2.44. The lowest BCUT2D eigenvalue weighted by Crippen LogP contribution is -2.15. The normalized spacial score (nSPS) is 13.1. The van der Waals surface area contributed by atoms with Crippen molar-refractivity contribution >= 4 is 28.4 Å². The van der Waals surface area contributed by atoms with E-state index in [1.807, 2.05) is 6.92 Å². The fraction of sp³-hybridized carbons (Fsp3) is 0.667. The van der Waals surface area contributed by atoms with Gasteiger partial charge in [0.25, 0.3) is 0 Å². The van der Waals surface area contributed by atoms with E-state index in [2.05, 4.69) is 46.4 Å². The standard InChI is InChI=1S/C12H20IN3O/c1-7(2)5-9-11(13)12(14)16-10(15-9)6-8(3)17-4/h7-8H,5-6H2,1-4H3,(H2,14,15,16). The van der Waals surface area contributed by atoms with Crippen LogP contribution in [0.5, 0.6) is 0 Å². The first-order valence-electron chi connectivity index (χ1n) is 5.77. The molecular weight excluding hydrogens is 329 g/mol. The van der Waals surface area contributed by atoms with E-state index >= 15 is 0 Å². The summed E-state index contributed by atoms with van der Waals surface area (Å²) in [5.74, 6) is 1.91. The van der Waals surface area contributed by atoms with E-state index in [1.54, 1.807) is 7.11 Å². The van der Waals surface area contributed by atoms with Crippen LogP contribution >= 0.6 is 22.6 Å². The number of nitrogen functional groups attached to an aromatic ring is 1. The average molecular weight is 349 g/mol. The smallest absolute Gasteiger partial charge is 0.140 e. The fourth-order valence-electron chi connectivity index (χ4n) is 1.52. The van der Waals surface area contributed by atoms with Crippen molar-refractivity contribution in [2.45, 2.75) is 39.7 Å². The molecular formula is C12H20IN3O. The van der Waals surface area contributed by atoms with Crippen LogP contribution < -0.4 is 5.73 Å². The van der Waals surface area contributed by atoms with Crippen LogP contribution in [0.1, 0.15) is 32.3 Å². The average Bonchev–Trinajstić information content (AvgIpc) is 2.24. The van der Waals surface area contributed by atoms with Gasteiger partial charge in [-0.25, -0.2) is 9.97 Å². The number of nitrogens with zero attached hydrogens (tertiary/aromatic N) is 2. The van der Waals surface area contributed by atoms with Gasteiger partial charge >= 0.3 is 0 Å². The Morgan fingerprint density at radius 2 is 1.88 bits per heavy atom. The maximum absolute atomic E-state index is 5.91. The van der Waals surface area contributed by atoms with E-state index in [9.17, 15) is 0 Å². The molecule has 5 heteroatoms. The quantitative estimate of drug-likeness (QED) is 0.830. The molecule has 1 atom stereocenters. The molecule has 0 amide bonds. The van der Waals surface area contributed by atoms with Crippen LogP contribution in [0, 0.1) is 9.49 Å². The zero-order valence-electron chi connectivity index (χ0n) is 10.8. The summed E-state index contributed by atoms with van der Waals surface area (Å²) in [6.45, 7) is 6.34. The second-order valence-corrected chi connectivity index (χ2v) is 5.71. The molecule has 0 aliphatic heterocycles. The summed E-state index contributed by atoms with van der Waals surface area (Å²) < 4.78 is 6.20. The van der Waals surface area contributed by atoms with Gasteiger partial charge in [0.2, 0.25) is 0 Å². The number of ether oxygens (including phenoxy) is 1. The summed E-state index contributed by atoms with van der Waals surface area (Å²) in [6, 6.07) is 0. The highest BCUT2D eigenvalue weighted by atomic mass is 127. The first-order chi connectivity index (χ1) is 7.93. The van der Waals surface area contributed by atoms with Gasteiger partial charge in [0.15, 0.2) is 0 Å². The van der Waals surface area contributed by atoms with Crippen molar-refractivity contribution < 1.29 is 4.74 Å². The second-order valence-electron chi connectivity index (χ2n) is 4.63. The third-order valence-corrected chi connectivity index (χ3v) is 3.64. The maximum atomic E-state index is 5.91. The van der Waals surface area contributed by atoms with Crippen LogP contribution in [0.3, 0.4) is 0 Å². The molecule has 1 unspecified atom stereocenters. The molecule has 1 aromatic rings. The Morgan fingerprint density at radius 1 is 1.24 bits per heavy atom. The van der Waals surface area contributed by atoms with Crippen LogP contribution in [0.15, 0.2) is 0 Å². The summed E-state index contributed by atoms with van der Waals surface area (Å²) in [5, 5.41) is 0. The summed E-state index contributed by atoms with van der Waals surface area (Å²) in [7, 11) is 1.69. The fourth-order valence-corrected chi connectivity index (χ4v) is 1.98. The SMILES string of the molecule is COC(C)Cc1nc(N)c(I)c(CC(C)C)n1. The van der Waals surface area contributed by atoms with E-state index in [4.69, 9.17) is 10.5 Å². The maximum Gasteiger partial charge on any atom is 0.140 e. The summed E-state index contributed by atoms with van der Waals surface area (Å²) in [4.78, 5) is 8.89. The van der Waals surface area contributed by atoms with Gasteiger partial charge in [0, 0.05) is 13.5 Å². The van der Waals surface area contributed by atoms with Gasteiger partial charge in [0.1, 0.15) is 11.6 Å².